The molecule has 1 heterocycles. The van der Waals surface area contributed by atoms with Crippen molar-refractivity contribution in [2.75, 3.05) is 33.2 Å². The Bertz CT molecular complexity index is 216. The molecule has 94 valence electrons. The molecule has 1 N–H and O–H groups in total. The van der Waals surface area contributed by atoms with Gasteiger partial charge in [-0.2, -0.15) is 0 Å². The highest BCUT2D eigenvalue weighted by Gasteiger charge is 2.42. The van der Waals surface area contributed by atoms with Crippen LogP contribution in [0.25, 0.3) is 0 Å². The average molecular weight is 226 g/mol. The molecule has 1 aliphatic heterocycles. The maximum Gasteiger partial charge on any atom is 0.0695 e. The van der Waals surface area contributed by atoms with Crippen LogP contribution in [0.1, 0.15) is 39.0 Å². The van der Waals surface area contributed by atoms with Crippen LogP contribution >= 0.6 is 0 Å². The van der Waals surface area contributed by atoms with Crippen molar-refractivity contribution in [1.82, 2.24) is 9.80 Å². The molecular formula is C13H26N2O. The lowest BCUT2D eigenvalue weighted by Crippen LogP contribution is -2.61. The third-order valence-corrected chi connectivity index (χ3v) is 4.63. The molecule has 0 aromatic heterocycles. The lowest BCUT2D eigenvalue weighted by Gasteiger charge is -2.51. The fourth-order valence-corrected chi connectivity index (χ4v) is 3.41. The zero-order chi connectivity index (χ0) is 11.6. The van der Waals surface area contributed by atoms with Crippen LogP contribution in [0.2, 0.25) is 0 Å². The molecule has 3 nitrogen and oxygen atoms in total. The third-order valence-electron chi connectivity index (χ3n) is 4.63. The first kappa shape index (κ1) is 12.3. The van der Waals surface area contributed by atoms with Crippen molar-refractivity contribution < 1.29 is 5.11 Å². The van der Waals surface area contributed by atoms with Gasteiger partial charge in [-0.05, 0) is 26.8 Å². The van der Waals surface area contributed by atoms with Gasteiger partial charge in [0.1, 0.15) is 0 Å². The Kier molecular flexibility index (Phi) is 3.88. The maximum absolute atomic E-state index is 10.2. The predicted octanol–water partition coefficient (Wildman–Crippen LogP) is 1.32. The summed E-state index contributed by atoms with van der Waals surface area (Å²) in [5, 5.41) is 10.2. The first-order chi connectivity index (χ1) is 7.65. The Hall–Kier alpha value is -0.120. The van der Waals surface area contributed by atoms with Crippen molar-refractivity contribution in [2.24, 2.45) is 0 Å². The molecule has 0 radical (unpaired) electrons. The van der Waals surface area contributed by atoms with Gasteiger partial charge in [0.15, 0.2) is 0 Å². The lowest BCUT2D eigenvalue weighted by molar-refractivity contribution is -0.0639. The fraction of sp³-hybridized carbons (Fsp3) is 1.00. The third kappa shape index (κ3) is 2.27. The van der Waals surface area contributed by atoms with Crippen molar-refractivity contribution in [3.8, 4) is 0 Å². The maximum atomic E-state index is 10.2. The van der Waals surface area contributed by atoms with Gasteiger partial charge >= 0.3 is 0 Å². The van der Waals surface area contributed by atoms with Crippen molar-refractivity contribution in [1.29, 1.82) is 0 Å². The molecule has 0 unspecified atom stereocenters. The molecule has 2 aliphatic rings. The standard InChI is InChI=1S/C13H26N2O/c1-12(16)13(6-4-3-5-7-13)15-10-8-14(2)9-11-15/h12,16H,3-11H2,1-2H3/t12-/m1/s1. The summed E-state index contributed by atoms with van der Waals surface area (Å²) in [6.07, 6.45) is 6.12. The topological polar surface area (TPSA) is 26.7 Å². The Labute approximate surface area is 99.4 Å². The van der Waals surface area contributed by atoms with Crippen LogP contribution in [-0.4, -0.2) is 59.8 Å². The minimum Gasteiger partial charge on any atom is -0.391 e. The Morgan fingerprint density at radius 1 is 1.00 bits per heavy atom. The van der Waals surface area contributed by atoms with E-state index < -0.39 is 0 Å². The number of piperazine rings is 1. The molecule has 0 bridgehead atoms. The van der Waals surface area contributed by atoms with E-state index in [1.807, 2.05) is 6.92 Å². The van der Waals surface area contributed by atoms with E-state index in [0.29, 0.717) is 0 Å². The van der Waals surface area contributed by atoms with E-state index in [2.05, 4.69) is 16.8 Å². The molecule has 2 rings (SSSR count). The molecule has 1 saturated carbocycles. The molecule has 1 atom stereocenters. The summed E-state index contributed by atoms with van der Waals surface area (Å²) in [5.41, 5.74) is 0.0967. The monoisotopic (exact) mass is 226 g/mol. The molecule has 0 aromatic carbocycles. The lowest BCUT2D eigenvalue weighted by atomic mass is 9.76. The van der Waals surface area contributed by atoms with Gasteiger partial charge in [0.05, 0.1) is 6.10 Å². The summed E-state index contributed by atoms with van der Waals surface area (Å²) in [5.74, 6) is 0. The minimum absolute atomic E-state index is 0.0967. The normalized spacial score (nSPS) is 30.2. The number of hydrogen-bond acceptors (Lipinski definition) is 3. The summed E-state index contributed by atoms with van der Waals surface area (Å²) in [4.78, 5) is 4.95. The van der Waals surface area contributed by atoms with E-state index in [9.17, 15) is 5.11 Å². The summed E-state index contributed by atoms with van der Waals surface area (Å²) < 4.78 is 0. The summed E-state index contributed by atoms with van der Waals surface area (Å²) >= 11 is 0. The number of rotatable bonds is 2. The highest BCUT2D eigenvalue weighted by molar-refractivity contribution is 4.98. The first-order valence-electron chi connectivity index (χ1n) is 6.77. The second kappa shape index (κ2) is 5.03. The van der Waals surface area contributed by atoms with Crippen molar-refractivity contribution in [3.05, 3.63) is 0 Å². The zero-order valence-corrected chi connectivity index (χ0v) is 10.8. The van der Waals surface area contributed by atoms with Crippen LogP contribution < -0.4 is 0 Å². The molecule has 2 fully saturated rings. The number of hydrogen-bond donors (Lipinski definition) is 1. The smallest absolute Gasteiger partial charge is 0.0695 e. The van der Waals surface area contributed by atoms with Gasteiger partial charge in [0.2, 0.25) is 0 Å². The van der Waals surface area contributed by atoms with Crippen LogP contribution in [0.15, 0.2) is 0 Å². The van der Waals surface area contributed by atoms with Gasteiger partial charge in [-0.25, -0.2) is 0 Å². The quantitative estimate of drug-likeness (QED) is 0.769. The molecule has 1 aliphatic carbocycles. The summed E-state index contributed by atoms with van der Waals surface area (Å²) in [6, 6.07) is 0. The number of likely N-dealkylation sites (N-methyl/N-ethyl adjacent to an activating group) is 1. The SMILES string of the molecule is C[C@@H](O)C1(N2CCN(C)CC2)CCCCC1. The highest BCUT2D eigenvalue weighted by Crippen LogP contribution is 2.37. The Balaban J connectivity index is 2.06. The second-order valence-electron chi connectivity index (χ2n) is 5.63. The predicted molar refractivity (Wildman–Crippen MR) is 66.6 cm³/mol. The van der Waals surface area contributed by atoms with Crippen LogP contribution in [-0.2, 0) is 0 Å². The molecule has 0 aromatic rings. The van der Waals surface area contributed by atoms with Crippen LogP contribution in [0.4, 0.5) is 0 Å². The van der Waals surface area contributed by atoms with Crippen LogP contribution in [0.5, 0.6) is 0 Å². The second-order valence-corrected chi connectivity index (χ2v) is 5.63. The van der Waals surface area contributed by atoms with E-state index in [4.69, 9.17) is 0 Å². The van der Waals surface area contributed by atoms with E-state index in [1.165, 1.54) is 32.1 Å². The van der Waals surface area contributed by atoms with Crippen molar-refractivity contribution in [3.63, 3.8) is 0 Å². The number of aliphatic hydroxyl groups is 1. The van der Waals surface area contributed by atoms with Crippen molar-refractivity contribution in [2.45, 2.75) is 50.7 Å². The minimum atomic E-state index is -0.184. The largest absolute Gasteiger partial charge is 0.391 e. The van der Waals surface area contributed by atoms with Crippen LogP contribution in [0, 0.1) is 0 Å². The van der Waals surface area contributed by atoms with Crippen LogP contribution in [0.3, 0.4) is 0 Å². The number of nitrogens with zero attached hydrogens (tertiary/aromatic N) is 2. The summed E-state index contributed by atoms with van der Waals surface area (Å²) in [7, 11) is 2.19. The van der Waals surface area contributed by atoms with Gasteiger partial charge in [-0.1, -0.05) is 19.3 Å². The van der Waals surface area contributed by atoms with E-state index in [0.717, 1.165) is 26.2 Å². The Morgan fingerprint density at radius 2 is 1.56 bits per heavy atom. The Morgan fingerprint density at radius 3 is 2.06 bits per heavy atom. The van der Waals surface area contributed by atoms with Gasteiger partial charge in [0, 0.05) is 31.7 Å². The van der Waals surface area contributed by atoms with E-state index in [1.54, 1.807) is 0 Å². The zero-order valence-electron chi connectivity index (χ0n) is 10.8. The fourth-order valence-electron chi connectivity index (χ4n) is 3.41. The van der Waals surface area contributed by atoms with Gasteiger partial charge in [-0.15, -0.1) is 0 Å². The van der Waals surface area contributed by atoms with E-state index in [-0.39, 0.29) is 11.6 Å². The average Bonchev–Trinajstić information content (AvgIpc) is 2.30. The van der Waals surface area contributed by atoms with Gasteiger partial charge in [-0.3, -0.25) is 4.90 Å². The molecule has 16 heavy (non-hydrogen) atoms. The van der Waals surface area contributed by atoms with E-state index >= 15 is 0 Å². The molecular weight excluding hydrogens is 200 g/mol. The highest BCUT2D eigenvalue weighted by atomic mass is 16.3. The molecule has 0 spiro atoms. The molecule has 3 heteroatoms. The molecule has 1 saturated heterocycles. The van der Waals surface area contributed by atoms with Gasteiger partial charge in [0.25, 0.3) is 0 Å². The van der Waals surface area contributed by atoms with Crippen molar-refractivity contribution >= 4 is 0 Å². The van der Waals surface area contributed by atoms with Gasteiger partial charge < -0.3 is 10.0 Å². The number of aliphatic hydroxyl groups excluding tert-OH is 1. The molecule has 0 amide bonds. The summed E-state index contributed by atoms with van der Waals surface area (Å²) in [6.45, 7) is 6.54. The first-order valence-corrected chi connectivity index (χ1v) is 6.77.